The molecule has 11 heavy (non-hydrogen) atoms. The Morgan fingerprint density at radius 3 is 2.73 bits per heavy atom. The molecule has 0 atom stereocenters. The van der Waals surface area contributed by atoms with Crippen LogP contribution in [-0.4, -0.2) is 4.55 Å². The Morgan fingerprint density at radius 2 is 2.18 bits per heavy atom. The summed E-state index contributed by atoms with van der Waals surface area (Å²) in [7, 11) is 0. The lowest BCUT2D eigenvalue weighted by Gasteiger charge is -2.00. The van der Waals surface area contributed by atoms with Crippen molar-refractivity contribution in [2.45, 2.75) is 6.92 Å². The van der Waals surface area contributed by atoms with Crippen molar-refractivity contribution in [1.29, 1.82) is 0 Å². The summed E-state index contributed by atoms with van der Waals surface area (Å²) < 4.78 is 13.1. The molecule has 0 amide bonds. The Bertz CT molecular complexity index is 232. The fraction of sp³-hybridized carbons (Fsp3) is 0.143. The fourth-order valence-corrected chi connectivity index (χ4v) is 1.26. The lowest BCUT2D eigenvalue weighted by atomic mass is 10.2. The lowest BCUT2D eigenvalue weighted by Crippen LogP contribution is -1.80. The van der Waals surface area contributed by atoms with Crippen molar-refractivity contribution < 1.29 is 8.74 Å². The third-order valence-corrected chi connectivity index (χ3v) is 1.63. The lowest BCUT2D eigenvalue weighted by molar-refractivity contribution is 0.540. The van der Waals surface area contributed by atoms with Crippen molar-refractivity contribution >= 4 is 23.9 Å². The van der Waals surface area contributed by atoms with E-state index in [1.807, 2.05) is 13.0 Å². The summed E-state index contributed by atoms with van der Waals surface area (Å²) >= 11 is 6.03. The maximum atomic E-state index is 8.35. The molecule has 1 N–H and O–H groups in total. The van der Waals surface area contributed by atoms with Gasteiger partial charge >= 0.3 is 0 Å². The third kappa shape index (κ3) is 2.61. The van der Waals surface area contributed by atoms with Crippen molar-refractivity contribution in [2.24, 2.45) is 0 Å². The normalized spacial score (nSPS) is 9.73. The Hall–Kier alpha value is -0.380. The van der Waals surface area contributed by atoms with Gasteiger partial charge in [-0.25, -0.2) is 0 Å². The van der Waals surface area contributed by atoms with Gasteiger partial charge in [0.1, 0.15) is 5.75 Å². The zero-order valence-corrected chi connectivity index (χ0v) is 7.45. The highest BCUT2D eigenvalue weighted by molar-refractivity contribution is 7.89. The highest BCUT2D eigenvalue weighted by Crippen LogP contribution is 2.22. The first-order valence-corrected chi connectivity index (χ1v) is 4.05. The first-order valence-electron chi connectivity index (χ1n) is 2.97. The standard InChI is InChI=1S/C7H7ClO2S/c1-5-2-6(8)4-7(3-5)10-11-9/h2-4,9H,1H3. The minimum atomic E-state index is 0.313. The van der Waals surface area contributed by atoms with Gasteiger partial charge in [-0.3, -0.25) is 4.55 Å². The van der Waals surface area contributed by atoms with Gasteiger partial charge in [-0.05, 0) is 24.6 Å². The molecule has 0 bridgehead atoms. The predicted octanol–water partition coefficient (Wildman–Crippen LogP) is 3.15. The number of hydrogen-bond acceptors (Lipinski definition) is 3. The summed E-state index contributed by atoms with van der Waals surface area (Å²) in [6.45, 7) is 1.90. The molecule has 0 heterocycles. The molecular formula is C7H7ClO2S. The summed E-state index contributed by atoms with van der Waals surface area (Å²) in [5, 5.41) is 0.606. The van der Waals surface area contributed by atoms with Gasteiger partial charge in [-0.2, -0.15) is 0 Å². The Morgan fingerprint density at radius 1 is 1.45 bits per heavy atom. The minimum absolute atomic E-state index is 0.313. The molecule has 0 spiro atoms. The third-order valence-electron chi connectivity index (χ3n) is 1.15. The van der Waals surface area contributed by atoms with Crippen LogP contribution in [0.4, 0.5) is 0 Å². The monoisotopic (exact) mass is 190 g/mol. The summed E-state index contributed by atoms with van der Waals surface area (Å²) in [5.41, 5.74) is 1.00. The van der Waals surface area contributed by atoms with E-state index in [-0.39, 0.29) is 0 Å². The summed E-state index contributed by atoms with van der Waals surface area (Å²) in [4.78, 5) is 0. The zero-order valence-electron chi connectivity index (χ0n) is 5.87. The van der Waals surface area contributed by atoms with E-state index in [0.29, 0.717) is 23.1 Å². The molecule has 4 heteroatoms. The maximum absolute atomic E-state index is 8.35. The smallest absolute Gasteiger partial charge is 0.222 e. The molecule has 0 saturated carbocycles. The van der Waals surface area contributed by atoms with Gasteiger partial charge in [0.05, 0.1) is 0 Å². The highest BCUT2D eigenvalue weighted by atomic mass is 35.5. The first-order chi connectivity index (χ1) is 5.22. The molecule has 0 aliphatic heterocycles. The van der Waals surface area contributed by atoms with Crippen molar-refractivity contribution in [3.63, 3.8) is 0 Å². The van der Waals surface area contributed by atoms with Crippen LogP contribution >= 0.6 is 23.9 Å². The van der Waals surface area contributed by atoms with Gasteiger partial charge in [0.15, 0.2) is 0 Å². The maximum Gasteiger partial charge on any atom is 0.222 e. The molecular weight excluding hydrogens is 184 g/mol. The van der Waals surface area contributed by atoms with Crippen LogP contribution in [0.15, 0.2) is 18.2 Å². The number of aryl methyl sites for hydroxylation is 1. The number of benzene rings is 1. The average Bonchev–Trinajstić information content (AvgIpc) is 1.85. The van der Waals surface area contributed by atoms with Crippen LogP contribution in [0.5, 0.6) is 5.75 Å². The SMILES string of the molecule is Cc1cc(Cl)cc(OSO)c1. The van der Waals surface area contributed by atoms with E-state index in [1.54, 1.807) is 12.1 Å². The molecule has 0 radical (unpaired) electrons. The molecule has 1 aromatic rings. The summed E-state index contributed by atoms with van der Waals surface area (Å²) in [5.74, 6) is 0.558. The van der Waals surface area contributed by atoms with Crippen LogP contribution in [0.25, 0.3) is 0 Å². The molecule has 0 aliphatic rings. The van der Waals surface area contributed by atoms with E-state index >= 15 is 0 Å². The molecule has 0 unspecified atom stereocenters. The van der Waals surface area contributed by atoms with E-state index in [2.05, 4.69) is 0 Å². The van der Waals surface area contributed by atoms with Gasteiger partial charge in [-0.15, -0.1) is 0 Å². The average molecular weight is 191 g/mol. The van der Waals surface area contributed by atoms with Crippen LogP contribution in [-0.2, 0) is 0 Å². The quantitative estimate of drug-likeness (QED) is 0.727. The second kappa shape index (κ2) is 3.85. The molecule has 0 saturated heterocycles. The van der Waals surface area contributed by atoms with E-state index in [0.717, 1.165) is 5.56 Å². The predicted molar refractivity (Wildman–Crippen MR) is 47.0 cm³/mol. The Labute approximate surface area is 74.5 Å². The van der Waals surface area contributed by atoms with Crippen LogP contribution in [0, 0.1) is 6.92 Å². The van der Waals surface area contributed by atoms with Crippen molar-refractivity contribution in [2.75, 3.05) is 0 Å². The topological polar surface area (TPSA) is 29.5 Å². The van der Waals surface area contributed by atoms with Crippen LogP contribution in [0.1, 0.15) is 5.56 Å². The number of hydrogen-bond donors (Lipinski definition) is 1. The molecule has 2 nitrogen and oxygen atoms in total. The van der Waals surface area contributed by atoms with Crippen LogP contribution < -0.4 is 4.18 Å². The van der Waals surface area contributed by atoms with Crippen LogP contribution in [0.3, 0.4) is 0 Å². The van der Waals surface area contributed by atoms with Gasteiger partial charge in [-0.1, -0.05) is 11.6 Å². The Kier molecular flexibility index (Phi) is 3.05. The number of rotatable bonds is 2. The van der Waals surface area contributed by atoms with Crippen LogP contribution in [0.2, 0.25) is 5.02 Å². The van der Waals surface area contributed by atoms with Crippen molar-refractivity contribution in [3.05, 3.63) is 28.8 Å². The molecule has 1 rings (SSSR count). The van der Waals surface area contributed by atoms with Gasteiger partial charge < -0.3 is 4.18 Å². The zero-order chi connectivity index (χ0) is 8.27. The Balaban J connectivity index is 2.89. The first kappa shape index (κ1) is 8.71. The molecule has 0 aliphatic carbocycles. The minimum Gasteiger partial charge on any atom is -0.400 e. The fourth-order valence-electron chi connectivity index (χ4n) is 0.794. The van der Waals surface area contributed by atoms with E-state index in [9.17, 15) is 0 Å². The van der Waals surface area contributed by atoms with Crippen molar-refractivity contribution in [1.82, 2.24) is 0 Å². The second-order valence-corrected chi connectivity index (χ2v) is 2.87. The van der Waals surface area contributed by atoms with Gasteiger partial charge in [0.2, 0.25) is 12.3 Å². The summed E-state index contributed by atoms with van der Waals surface area (Å²) in [6.07, 6.45) is 0. The number of halogens is 1. The van der Waals surface area contributed by atoms with Crippen molar-refractivity contribution in [3.8, 4) is 5.75 Å². The second-order valence-electron chi connectivity index (χ2n) is 2.12. The highest BCUT2D eigenvalue weighted by Gasteiger charge is 1.96. The van der Waals surface area contributed by atoms with E-state index in [4.69, 9.17) is 20.3 Å². The molecule has 0 aromatic heterocycles. The van der Waals surface area contributed by atoms with Gasteiger partial charge in [0, 0.05) is 11.1 Å². The summed E-state index contributed by atoms with van der Waals surface area (Å²) in [6, 6.07) is 5.24. The molecule has 60 valence electrons. The molecule has 0 fully saturated rings. The molecule has 1 aromatic carbocycles. The largest absolute Gasteiger partial charge is 0.400 e. The van der Waals surface area contributed by atoms with E-state index in [1.165, 1.54) is 0 Å². The van der Waals surface area contributed by atoms with E-state index < -0.39 is 0 Å². The van der Waals surface area contributed by atoms with Gasteiger partial charge in [0.25, 0.3) is 0 Å².